The number of fused-ring (bicyclic) bond motifs is 1. The zero-order chi connectivity index (χ0) is 18.5. The molecule has 0 bridgehead atoms. The van der Waals surface area contributed by atoms with Crippen LogP contribution in [0.2, 0.25) is 0 Å². The summed E-state index contributed by atoms with van der Waals surface area (Å²) >= 11 is 0. The van der Waals surface area contributed by atoms with Crippen LogP contribution >= 0.6 is 0 Å². The quantitative estimate of drug-likeness (QED) is 0.550. The summed E-state index contributed by atoms with van der Waals surface area (Å²) in [6.07, 6.45) is 1.99. The molecular formula is C20H21N3O3. The summed E-state index contributed by atoms with van der Waals surface area (Å²) in [6, 6.07) is 13.9. The lowest BCUT2D eigenvalue weighted by atomic mass is 10.1. The van der Waals surface area contributed by atoms with Gasteiger partial charge in [-0.25, -0.2) is 9.59 Å². The lowest BCUT2D eigenvalue weighted by Gasteiger charge is -2.15. The van der Waals surface area contributed by atoms with Gasteiger partial charge in [-0.3, -0.25) is 0 Å². The first kappa shape index (κ1) is 17.5. The van der Waals surface area contributed by atoms with Crippen LogP contribution in [-0.2, 0) is 17.8 Å². The fourth-order valence-electron chi connectivity index (χ4n) is 2.93. The lowest BCUT2D eigenvalue weighted by molar-refractivity contribution is -0.139. The summed E-state index contributed by atoms with van der Waals surface area (Å²) in [5.41, 5.74) is 3.86. The molecule has 2 amide bonds. The number of hydrogen-bond donors (Lipinski definition) is 4. The fraction of sp³-hybridized carbons (Fsp3) is 0.200. The van der Waals surface area contributed by atoms with Gasteiger partial charge in [0, 0.05) is 30.1 Å². The van der Waals surface area contributed by atoms with Crippen LogP contribution in [0.3, 0.4) is 0 Å². The van der Waals surface area contributed by atoms with Gasteiger partial charge in [-0.05, 0) is 24.1 Å². The number of rotatable bonds is 6. The second-order valence-corrected chi connectivity index (χ2v) is 6.27. The molecule has 1 aromatic heterocycles. The normalized spacial score (nSPS) is 11.9. The van der Waals surface area contributed by atoms with E-state index in [1.54, 1.807) is 6.20 Å². The monoisotopic (exact) mass is 351 g/mol. The van der Waals surface area contributed by atoms with Crippen molar-refractivity contribution in [2.24, 2.45) is 0 Å². The number of para-hydroxylation sites is 1. The Morgan fingerprint density at radius 2 is 1.96 bits per heavy atom. The van der Waals surface area contributed by atoms with Crippen LogP contribution in [0.5, 0.6) is 0 Å². The number of amides is 2. The zero-order valence-corrected chi connectivity index (χ0v) is 14.5. The SMILES string of the molecule is Cc1cccc(CNC(=O)NC(Cc2c[nH]c3ccccc23)C(=O)O)c1. The van der Waals surface area contributed by atoms with Gasteiger partial charge in [0.25, 0.3) is 0 Å². The standard InChI is InChI=1S/C20H21N3O3/c1-13-5-4-6-14(9-13)11-22-20(26)23-18(19(24)25)10-15-12-21-17-8-3-2-7-16(15)17/h2-9,12,18,21H,10-11H2,1H3,(H,24,25)(H2,22,23,26). The molecule has 3 rings (SSSR count). The van der Waals surface area contributed by atoms with Crippen LogP contribution < -0.4 is 10.6 Å². The molecule has 0 aliphatic rings. The minimum Gasteiger partial charge on any atom is -0.480 e. The number of carboxylic acid groups (broad SMARTS) is 1. The number of hydrogen-bond acceptors (Lipinski definition) is 2. The van der Waals surface area contributed by atoms with Gasteiger partial charge in [0.05, 0.1) is 0 Å². The minimum atomic E-state index is -1.07. The molecule has 3 aromatic rings. The number of carboxylic acids is 1. The maximum absolute atomic E-state index is 12.1. The third-order valence-electron chi connectivity index (χ3n) is 4.24. The van der Waals surface area contributed by atoms with Gasteiger partial charge in [-0.15, -0.1) is 0 Å². The van der Waals surface area contributed by atoms with E-state index in [9.17, 15) is 14.7 Å². The number of nitrogens with one attached hydrogen (secondary N) is 3. The minimum absolute atomic E-state index is 0.206. The molecule has 4 N–H and O–H groups in total. The van der Waals surface area contributed by atoms with E-state index in [1.165, 1.54) is 0 Å². The number of urea groups is 1. The largest absolute Gasteiger partial charge is 0.480 e. The molecule has 0 saturated heterocycles. The first-order chi connectivity index (χ1) is 12.5. The summed E-state index contributed by atoms with van der Waals surface area (Å²) in [4.78, 5) is 26.8. The molecule has 2 aromatic carbocycles. The van der Waals surface area contributed by atoms with Gasteiger partial charge in [-0.2, -0.15) is 0 Å². The van der Waals surface area contributed by atoms with E-state index < -0.39 is 18.0 Å². The van der Waals surface area contributed by atoms with Crippen molar-refractivity contribution in [2.45, 2.75) is 25.9 Å². The van der Waals surface area contributed by atoms with E-state index in [4.69, 9.17) is 0 Å². The highest BCUT2D eigenvalue weighted by Gasteiger charge is 2.21. The highest BCUT2D eigenvalue weighted by Crippen LogP contribution is 2.19. The van der Waals surface area contributed by atoms with E-state index in [2.05, 4.69) is 15.6 Å². The van der Waals surface area contributed by atoms with Crippen molar-refractivity contribution in [1.82, 2.24) is 15.6 Å². The molecule has 0 fully saturated rings. The summed E-state index contributed by atoms with van der Waals surface area (Å²) < 4.78 is 0. The van der Waals surface area contributed by atoms with E-state index in [-0.39, 0.29) is 6.42 Å². The predicted octanol–water partition coefficient (Wildman–Crippen LogP) is 2.97. The van der Waals surface area contributed by atoms with Crippen LogP contribution in [0.1, 0.15) is 16.7 Å². The molecule has 0 spiro atoms. The Morgan fingerprint density at radius 3 is 2.73 bits per heavy atom. The van der Waals surface area contributed by atoms with Gasteiger partial charge in [0.1, 0.15) is 6.04 Å². The Labute approximate surface area is 151 Å². The first-order valence-electron chi connectivity index (χ1n) is 8.40. The maximum Gasteiger partial charge on any atom is 0.326 e. The van der Waals surface area contributed by atoms with Gasteiger partial charge < -0.3 is 20.7 Å². The number of carbonyl (C=O) groups excluding carboxylic acids is 1. The molecule has 26 heavy (non-hydrogen) atoms. The van der Waals surface area contributed by atoms with E-state index in [0.717, 1.165) is 27.6 Å². The van der Waals surface area contributed by atoms with E-state index in [0.29, 0.717) is 6.54 Å². The van der Waals surface area contributed by atoms with Gasteiger partial charge in [-0.1, -0.05) is 48.0 Å². The molecule has 0 radical (unpaired) electrons. The molecule has 1 heterocycles. The van der Waals surface area contributed by atoms with Crippen molar-refractivity contribution in [1.29, 1.82) is 0 Å². The maximum atomic E-state index is 12.1. The third kappa shape index (κ3) is 4.22. The van der Waals surface area contributed by atoms with Crippen LogP contribution in [0.25, 0.3) is 10.9 Å². The molecule has 0 aliphatic carbocycles. The molecule has 0 aliphatic heterocycles. The number of H-pyrrole nitrogens is 1. The van der Waals surface area contributed by atoms with Gasteiger partial charge in [0.15, 0.2) is 0 Å². The third-order valence-corrected chi connectivity index (χ3v) is 4.24. The van der Waals surface area contributed by atoms with Crippen LogP contribution in [0.4, 0.5) is 4.79 Å². The lowest BCUT2D eigenvalue weighted by Crippen LogP contribution is -2.46. The fourth-order valence-corrected chi connectivity index (χ4v) is 2.93. The highest BCUT2D eigenvalue weighted by molar-refractivity contribution is 5.86. The van der Waals surface area contributed by atoms with Gasteiger partial charge >= 0.3 is 12.0 Å². The summed E-state index contributed by atoms with van der Waals surface area (Å²) in [5, 5.41) is 15.7. The molecule has 134 valence electrons. The number of aryl methyl sites for hydroxylation is 1. The predicted molar refractivity (Wildman–Crippen MR) is 100.0 cm³/mol. The number of aromatic amines is 1. The Balaban J connectivity index is 1.63. The van der Waals surface area contributed by atoms with Crippen LogP contribution in [0, 0.1) is 6.92 Å². The van der Waals surface area contributed by atoms with Crippen molar-refractivity contribution >= 4 is 22.9 Å². The Morgan fingerprint density at radius 1 is 1.15 bits per heavy atom. The number of benzene rings is 2. The van der Waals surface area contributed by atoms with Crippen molar-refractivity contribution in [2.75, 3.05) is 0 Å². The molecule has 0 saturated carbocycles. The second kappa shape index (κ2) is 7.74. The highest BCUT2D eigenvalue weighted by atomic mass is 16.4. The molecule has 6 nitrogen and oxygen atoms in total. The average molecular weight is 351 g/mol. The van der Waals surface area contributed by atoms with E-state index in [1.807, 2.05) is 55.5 Å². The Bertz CT molecular complexity index is 933. The zero-order valence-electron chi connectivity index (χ0n) is 14.5. The molecule has 6 heteroatoms. The van der Waals surface area contributed by atoms with Crippen LogP contribution in [-0.4, -0.2) is 28.1 Å². The topological polar surface area (TPSA) is 94.2 Å². The van der Waals surface area contributed by atoms with Crippen molar-refractivity contribution in [3.63, 3.8) is 0 Å². The first-order valence-corrected chi connectivity index (χ1v) is 8.40. The number of aromatic nitrogens is 1. The van der Waals surface area contributed by atoms with E-state index >= 15 is 0 Å². The van der Waals surface area contributed by atoms with Crippen LogP contribution in [0.15, 0.2) is 54.7 Å². The second-order valence-electron chi connectivity index (χ2n) is 6.27. The van der Waals surface area contributed by atoms with Crippen molar-refractivity contribution < 1.29 is 14.7 Å². The number of aliphatic carboxylic acids is 1. The Hall–Kier alpha value is -3.28. The van der Waals surface area contributed by atoms with Gasteiger partial charge in [0.2, 0.25) is 0 Å². The Kier molecular flexibility index (Phi) is 5.22. The molecular weight excluding hydrogens is 330 g/mol. The summed E-state index contributed by atoms with van der Waals surface area (Å²) in [5.74, 6) is -1.07. The molecule has 1 unspecified atom stereocenters. The summed E-state index contributed by atoms with van der Waals surface area (Å²) in [6.45, 7) is 2.32. The number of carbonyl (C=O) groups is 2. The smallest absolute Gasteiger partial charge is 0.326 e. The van der Waals surface area contributed by atoms with Crippen molar-refractivity contribution in [3.05, 3.63) is 71.4 Å². The molecule has 1 atom stereocenters. The van der Waals surface area contributed by atoms with Crippen molar-refractivity contribution in [3.8, 4) is 0 Å². The summed E-state index contributed by atoms with van der Waals surface area (Å²) in [7, 11) is 0. The average Bonchev–Trinajstić information content (AvgIpc) is 3.02.